The fourth-order valence-electron chi connectivity index (χ4n) is 3.82. The van der Waals surface area contributed by atoms with Crippen LogP contribution in [0.5, 0.6) is 0 Å². The van der Waals surface area contributed by atoms with Gasteiger partial charge in [0.15, 0.2) is 0 Å². The summed E-state index contributed by atoms with van der Waals surface area (Å²) in [5.41, 5.74) is 3.88. The Morgan fingerprint density at radius 1 is 1.20 bits per heavy atom. The van der Waals surface area contributed by atoms with E-state index in [0.717, 1.165) is 25.7 Å². The zero-order valence-electron chi connectivity index (χ0n) is 15.6. The van der Waals surface area contributed by atoms with Crippen molar-refractivity contribution in [2.24, 2.45) is 7.05 Å². The van der Waals surface area contributed by atoms with Gasteiger partial charge < -0.3 is 4.74 Å². The van der Waals surface area contributed by atoms with Gasteiger partial charge >= 0.3 is 0 Å². The van der Waals surface area contributed by atoms with Crippen LogP contribution < -0.4 is 0 Å². The molecule has 5 heteroatoms. The first-order chi connectivity index (χ1) is 12.1. The summed E-state index contributed by atoms with van der Waals surface area (Å²) in [6.45, 7) is 7.31. The number of nitrogens with zero attached hydrogens (tertiary/aromatic N) is 3. The topological polar surface area (TPSA) is 30.3 Å². The third-order valence-corrected chi connectivity index (χ3v) is 6.78. The van der Waals surface area contributed by atoms with Crippen molar-refractivity contribution in [3.63, 3.8) is 0 Å². The number of ether oxygens (including phenoxy) is 1. The van der Waals surface area contributed by atoms with Crippen LogP contribution in [0.3, 0.4) is 0 Å². The van der Waals surface area contributed by atoms with E-state index in [-0.39, 0.29) is 0 Å². The first-order valence-electron chi connectivity index (χ1n) is 9.55. The molecule has 2 aromatic rings. The van der Waals surface area contributed by atoms with Crippen molar-refractivity contribution in [3.05, 3.63) is 38.8 Å². The molecule has 2 aromatic heterocycles. The van der Waals surface area contributed by atoms with Crippen molar-refractivity contribution in [3.8, 4) is 0 Å². The van der Waals surface area contributed by atoms with Gasteiger partial charge in [0.25, 0.3) is 0 Å². The average molecular weight is 360 g/mol. The lowest BCUT2D eigenvalue weighted by atomic mass is 10.1. The summed E-state index contributed by atoms with van der Waals surface area (Å²) in [6.07, 6.45) is 6.70. The van der Waals surface area contributed by atoms with E-state index in [1.807, 2.05) is 23.1 Å². The highest BCUT2D eigenvalue weighted by molar-refractivity contribution is 7.12. The fourth-order valence-corrected chi connectivity index (χ4v) is 4.94. The highest BCUT2D eigenvalue weighted by Crippen LogP contribution is 2.35. The lowest BCUT2D eigenvalue weighted by Gasteiger charge is -2.22. The van der Waals surface area contributed by atoms with Gasteiger partial charge in [-0.3, -0.25) is 9.58 Å². The molecule has 4 rings (SSSR count). The number of rotatable bonds is 6. The molecule has 2 fully saturated rings. The van der Waals surface area contributed by atoms with Crippen molar-refractivity contribution < 1.29 is 4.74 Å². The first-order valence-corrected chi connectivity index (χ1v) is 10.4. The van der Waals surface area contributed by atoms with Gasteiger partial charge in [-0.2, -0.15) is 5.10 Å². The molecule has 1 aliphatic heterocycles. The summed E-state index contributed by atoms with van der Waals surface area (Å²) in [6, 6.07) is 5.35. The molecule has 0 radical (unpaired) electrons. The lowest BCUT2D eigenvalue weighted by Crippen LogP contribution is -2.25. The molecule has 0 aromatic carbocycles. The molecule has 0 amide bonds. The molecule has 0 spiro atoms. The fraction of sp³-hybridized carbons (Fsp3) is 0.650. The maximum Gasteiger partial charge on any atom is 0.0916 e. The van der Waals surface area contributed by atoms with E-state index in [0.29, 0.717) is 6.10 Å². The van der Waals surface area contributed by atoms with Crippen LogP contribution in [0.4, 0.5) is 0 Å². The quantitative estimate of drug-likeness (QED) is 0.760. The van der Waals surface area contributed by atoms with E-state index in [1.54, 1.807) is 0 Å². The molecular formula is C20H29N3OS. The van der Waals surface area contributed by atoms with Gasteiger partial charge in [-0.25, -0.2) is 0 Å². The van der Waals surface area contributed by atoms with Gasteiger partial charge in [0, 0.05) is 53.8 Å². The zero-order chi connectivity index (χ0) is 17.4. The van der Waals surface area contributed by atoms with E-state index in [9.17, 15) is 0 Å². The minimum atomic E-state index is 0.338. The van der Waals surface area contributed by atoms with Crippen molar-refractivity contribution in [1.29, 1.82) is 0 Å². The standard InChI is InChI=1S/C20H29N3OS/c1-14-18(15(2)22(3)21-14)13-23(16-7-8-16)12-17-9-10-20(25-17)19-6-4-5-11-24-19/h9-10,16,19H,4-8,11-13H2,1-3H3. The molecule has 0 N–H and O–H groups in total. The second-order valence-corrected chi connectivity index (χ2v) is 8.77. The number of aryl methyl sites for hydroxylation is 2. The van der Waals surface area contributed by atoms with Crippen LogP contribution in [0.1, 0.15) is 64.9 Å². The number of thiophene rings is 1. The maximum atomic E-state index is 5.96. The minimum absolute atomic E-state index is 0.338. The molecule has 1 atom stereocenters. The maximum absolute atomic E-state index is 5.96. The molecule has 3 heterocycles. The lowest BCUT2D eigenvalue weighted by molar-refractivity contribution is 0.0172. The van der Waals surface area contributed by atoms with Crippen LogP contribution >= 0.6 is 11.3 Å². The van der Waals surface area contributed by atoms with E-state index in [1.165, 1.54) is 58.8 Å². The largest absolute Gasteiger partial charge is 0.373 e. The van der Waals surface area contributed by atoms with Crippen LogP contribution in [0, 0.1) is 13.8 Å². The third kappa shape index (κ3) is 3.83. The molecular weight excluding hydrogens is 330 g/mol. The smallest absolute Gasteiger partial charge is 0.0916 e. The Morgan fingerprint density at radius 3 is 2.68 bits per heavy atom. The van der Waals surface area contributed by atoms with Crippen LogP contribution in [0.25, 0.3) is 0 Å². The number of hydrogen-bond acceptors (Lipinski definition) is 4. The number of hydrogen-bond donors (Lipinski definition) is 0. The minimum Gasteiger partial charge on any atom is -0.373 e. The SMILES string of the molecule is Cc1nn(C)c(C)c1CN(Cc1ccc(C2CCCCO2)s1)C1CC1. The summed E-state index contributed by atoms with van der Waals surface area (Å²) >= 11 is 1.95. The second kappa shape index (κ2) is 7.22. The Morgan fingerprint density at radius 2 is 2.04 bits per heavy atom. The molecule has 25 heavy (non-hydrogen) atoms. The Labute approximate surface area is 154 Å². The molecule has 2 aliphatic rings. The zero-order valence-corrected chi connectivity index (χ0v) is 16.4. The van der Waals surface area contributed by atoms with Gasteiger partial charge in [0.05, 0.1) is 11.8 Å². The van der Waals surface area contributed by atoms with Crippen LogP contribution in [0.2, 0.25) is 0 Å². The van der Waals surface area contributed by atoms with Gasteiger partial charge in [0.2, 0.25) is 0 Å². The second-order valence-electron chi connectivity index (χ2n) is 7.57. The Kier molecular flexibility index (Phi) is 4.98. The van der Waals surface area contributed by atoms with E-state index in [4.69, 9.17) is 4.74 Å². The van der Waals surface area contributed by atoms with E-state index in [2.05, 4.69) is 36.0 Å². The molecule has 1 unspecified atom stereocenters. The van der Waals surface area contributed by atoms with Gasteiger partial charge in [0.1, 0.15) is 0 Å². The Hall–Kier alpha value is -1.17. The molecule has 136 valence electrons. The van der Waals surface area contributed by atoms with Crippen molar-refractivity contribution in [2.45, 2.75) is 71.2 Å². The van der Waals surface area contributed by atoms with E-state index < -0.39 is 0 Å². The van der Waals surface area contributed by atoms with Crippen LogP contribution in [0.15, 0.2) is 12.1 Å². The highest BCUT2D eigenvalue weighted by atomic mass is 32.1. The normalized spacial score (nSPS) is 21.2. The van der Waals surface area contributed by atoms with Gasteiger partial charge in [-0.1, -0.05) is 0 Å². The predicted octanol–water partition coefficient (Wildman–Crippen LogP) is 4.50. The van der Waals surface area contributed by atoms with Crippen LogP contribution in [-0.2, 0) is 24.9 Å². The van der Waals surface area contributed by atoms with Gasteiger partial charge in [-0.05, 0) is 58.1 Å². The van der Waals surface area contributed by atoms with Crippen molar-refractivity contribution >= 4 is 11.3 Å². The van der Waals surface area contributed by atoms with Crippen molar-refractivity contribution in [2.75, 3.05) is 6.61 Å². The summed E-state index contributed by atoms with van der Waals surface area (Å²) in [4.78, 5) is 5.53. The van der Waals surface area contributed by atoms with Gasteiger partial charge in [-0.15, -0.1) is 11.3 Å². The number of aromatic nitrogens is 2. The monoisotopic (exact) mass is 359 g/mol. The third-order valence-electron chi connectivity index (χ3n) is 5.62. The molecule has 1 saturated carbocycles. The summed E-state index contributed by atoms with van der Waals surface area (Å²) in [7, 11) is 2.04. The van der Waals surface area contributed by atoms with Crippen molar-refractivity contribution in [1.82, 2.24) is 14.7 Å². The highest BCUT2D eigenvalue weighted by Gasteiger charge is 2.30. The Bertz CT molecular complexity index is 725. The first kappa shape index (κ1) is 17.3. The average Bonchev–Trinajstić information content (AvgIpc) is 3.31. The van der Waals surface area contributed by atoms with Crippen LogP contribution in [-0.4, -0.2) is 27.3 Å². The molecule has 1 saturated heterocycles. The summed E-state index contributed by atoms with van der Waals surface area (Å²) < 4.78 is 7.97. The van der Waals surface area contributed by atoms with E-state index >= 15 is 0 Å². The predicted molar refractivity (Wildman–Crippen MR) is 102 cm³/mol. The molecule has 4 nitrogen and oxygen atoms in total. The summed E-state index contributed by atoms with van der Waals surface area (Å²) in [5, 5.41) is 4.59. The molecule has 0 bridgehead atoms. The molecule has 1 aliphatic carbocycles. The summed E-state index contributed by atoms with van der Waals surface area (Å²) in [5.74, 6) is 0. The Balaban J connectivity index is 1.46.